The molecular weight excluding hydrogens is 604 g/mol. The zero-order valence-corrected chi connectivity index (χ0v) is 24.7. The maximum atomic E-state index is 14.9. The molecule has 5 N–H and O–H groups in total. The largest absolute Gasteiger partial charge is 0.483 e. The first-order chi connectivity index (χ1) is 22.2. The third-order valence-electron chi connectivity index (χ3n) is 7.04. The normalized spacial score (nSPS) is 12.5. The van der Waals surface area contributed by atoms with Crippen LogP contribution in [0, 0.1) is 29.9 Å². The average molecular weight is 636 g/mol. The first-order valence-electron chi connectivity index (χ1n) is 14.0. The van der Waals surface area contributed by atoms with Crippen LogP contribution >= 0.6 is 0 Å². The van der Waals surface area contributed by atoms with Gasteiger partial charge >= 0.3 is 6.03 Å². The quantitative estimate of drug-likeness (QED) is 0.209. The number of carboxylic acid groups (broad SMARTS) is 1. The molecule has 14 nitrogen and oxygen atoms in total. The minimum Gasteiger partial charge on any atom is -0.483 e. The number of hydrogen-bond acceptors (Lipinski definition) is 9. The first-order valence-corrected chi connectivity index (χ1v) is 14.0. The SMILES string of the molecule is Cc1cc(Nc2nccn3c(-c4ccc(OCC#N)c(F)c4F)cnc23)ccc1C(=O)N1CCN(C(=O)NCCN)CC1.O=CO. The topological polar surface area (TPSA) is 191 Å². The summed E-state index contributed by atoms with van der Waals surface area (Å²) in [6.07, 6.45) is 4.49. The molecule has 5 rings (SSSR count). The van der Waals surface area contributed by atoms with E-state index in [0.717, 1.165) is 5.56 Å². The lowest BCUT2D eigenvalue weighted by Gasteiger charge is -2.35. The summed E-state index contributed by atoms with van der Waals surface area (Å²) in [4.78, 5) is 45.9. The van der Waals surface area contributed by atoms with Gasteiger partial charge < -0.3 is 36.0 Å². The number of aryl methyl sites for hydroxylation is 1. The van der Waals surface area contributed by atoms with Crippen molar-refractivity contribution in [1.29, 1.82) is 5.26 Å². The second-order valence-corrected chi connectivity index (χ2v) is 9.86. The van der Waals surface area contributed by atoms with Gasteiger partial charge in [-0.25, -0.2) is 19.2 Å². The van der Waals surface area contributed by atoms with Crippen LogP contribution in [0.2, 0.25) is 0 Å². The number of piperazine rings is 1. The number of nitrogens with two attached hydrogens (primary N) is 1. The number of rotatable bonds is 8. The smallest absolute Gasteiger partial charge is 0.317 e. The van der Waals surface area contributed by atoms with Crippen molar-refractivity contribution in [3.63, 3.8) is 0 Å². The second-order valence-electron chi connectivity index (χ2n) is 9.86. The second kappa shape index (κ2) is 15.3. The van der Waals surface area contributed by atoms with E-state index in [-0.39, 0.29) is 35.4 Å². The fourth-order valence-corrected chi connectivity index (χ4v) is 4.85. The molecule has 2 aromatic heterocycles. The van der Waals surface area contributed by atoms with E-state index >= 15 is 0 Å². The molecule has 16 heteroatoms. The number of halogens is 2. The summed E-state index contributed by atoms with van der Waals surface area (Å²) >= 11 is 0. The van der Waals surface area contributed by atoms with Crippen molar-refractivity contribution >= 4 is 35.6 Å². The van der Waals surface area contributed by atoms with E-state index in [1.54, 1.807) is 38.6 Å². The highest BCUT2D eigenvalue weighted by atomic mass is 19.2. The lowest BCUT2D eigenvalue weighted by atomic mass is 10.1. The van der Waals surface area contributed by atoms with Crippen LogP contribution in [0.15, 0.2) is 48.9 Å². The molecule has 2 aromatic carbocycles. The Morgan fingerprint density at radius 2 is 1.85 bits per heavy atom. The van der Waals surface area contributed by atoms with Crippen LogP contribution in [0.5, 0.6) is 5.75 Å². The van der Waals surface area contributed by atoms with E-state index in [0.29, 0.717) is 62.0 Å². The molecule has 3 heterocycles. The molecular formula is C30H31F2N9O5. The van der Waals surface area contributed by atoms with Gasteiger partial charge in [0, 0.05) is 68.5 Å². The highest BCUT2D eigenvalue weighted by Crippen LogP contribution is 2.32. The summed E-state index contributed by atoms with van der Waals surface area (Å²) in [6.45, 7) is 3.63. The predicted molar refractivity (Wildman–Crippen MR) is 163 cm³/mol. The number of amides is 3. The van der Waals surface area contributed by atoms with Crippen LogP contribution in [-0.2, 0) is 4.79 Å². The summed E-state index contributed by atoms with van der Waals surface area (Å²) in [7, 11) is 0. The van der Waals surface area contributed by atoms with Crippen LogP contribution < -0.4 is 21.1 Å². The van der Waals surface area contributed by atoms with E-state index in [9.17, 15) is 18.4 Å². The number of carbonyl (C=O) groups is 3. The standard InChI is InChI=1S/C29H29F2N9O3.CH2O2/c1-18-16-19(2-3-20(18)28(41)38-11-13-39(14-12-38)29(42)35-8-6-32)37-26-27-36-17-22(40(27)10-9-34-26)21-4-5-23(43-15-7-33)25(31)24(21)30;2-1-3/h2-5,9-10,16-17H,6,8,11-15,32H2,1H3,(H,34,37)(H,35,42);1H,(H,2,3). The number of urea groups is 1. The van der Waals surface area contributed by atoms with Crippen molar-refractivity contribution in [3.05, 3.63) is 71.7 Å². The fourth-order valence-electron chi connectivity index (χ4n) is 4.85. The molecule has 1 fully saturated rings. The molecule has 0 bridgehead atoms. The fraction of sp³-hybridized carbons (Fsp3) is 0.267. The highest BCUT2D eigenvalue weighted by Gasteiger charge is 2.26. The van der Waals surface area contributed by atoms with Crippen LogP contribution in [0.3, 0.4) is 0 Å². The number of ether oxygens (including phenoxy) is 1. The summed E-state index contributed by atoms with van der Waals surface area (Å²) in [5.74, 6) is -2.44. The van der Waals surface area contributed by atoms with Crippen LogP contribution in [0.1, 0.15) is 15.9 Å². The molecule has 240 valence electrons. The van der Waals surface area contributed by atoms with E-state index < -0.39 is 18.2 Å². The first kappa shape index (κ1) is 33.1. The molecule has 0 spiro atoms. The van der Waals surface area contributed by atoms with Crippen molar-refractivity contribution in [3.8, 4) is 23.1 Å². The third kappa shape index (κ3) is 7.27. The van der Waals surface area contributed by atoms with Crippen LogP contribution in [0.25, 0.3) is 16.9 Å². The van der Waals surface area contributed by atoms with Gasteiger partial charge in [0.25, 0.3) is 12.4 Å². The van der Waals surface area contributed by atoms with Crippen molar-refractivity contribution in [2.24, 2.45) is 5.73 Å². The van der Waals surface area contributed by atoms with E-state index in [4.69, 9.17) is 25.6 Å². The molecule has 0 radical (unpaired) electrons. The van der Waals surface area contributed by atoms with Crippen molar-refractivity contribution in [1.82, 2.24) is 29.5 Å². The number of nitrogens with zero attached hydrogens (tertiary/aromatic N) is 6. The molecule has 0 aliphatic carbocycles. The number of anilines is 2. The lowest BCUT2D eigenvalue weighted by molar-refractivity contribution is -0.122. The van der Waals surface area contributed by atoms with Gasteiger partial charge in [0.1, 0.15) is 6.07 Å². The maximum absolute atomic E-state index is 14.9. The van der Waals surface area contributed by atoms with E-state index in [1.165, 1.54) is 24.5 Å². The van der Waals surface area contributed by atoms with Crippen LogP contribution in [0.4, 0.5) is 25.1 Å². The molecule has 0 unspecified atom stereocenters. The Balaban J connectivity index is 0.00000154. The van der Waals surface area contributed by atoms with Crippen molar-refractivity contribution in [2.45, 2.75) is 6.92 Å². The van der Waals surface area contributed by atoms with E-state index in [2.05, 4.69) is 20.6 Å². The van der Waals surface area contributed by atoms with Gasteiger partial charge in [-0.05, 0) is 42.8 Å². The van der Waals surface area contributed by atoms with Gasteiger partial charge in [-0.2, -0.15) is 9.65 Å². The Bertz CT molecular complexity index is 1770. The summed E-state index contributed by atoms with van der Waals surface area (Å²) < 4.78 is 36.0. The number of aromatic nitrogens is 3. The van der Waals surface area contributed by atoms with Crippen molar-refractivity contribution in [2.75, 3.05) is 51.2 Å². The Morgan fingerprint density at radius 3 is 2.52 bits per heavy atom. The Hall–Kier alpha value is -5.82. The zero-order valence-electron chi connectivity index (χ0n) is 24.7. The lowest BCUT2D eigenvalue weighted by Crippen LogP contribution is -2.53. The molecule has 46 heavy (non-hydrogen) atoms. The number of nitrogens with one attached hydrogen (secondary N) is 2. The van der Waals surface area contributed by atoms with Crippen LogP contribution in [-0.4, -0.2) is 93.6 Å². The number of imidazole rings is 1. The highest BCUT2D eigenvalue weighted by molar-refractivity contribution is 5.96. The number of carbonyl (C=O) groups excluding carboxylic acids is 2. The van der Waals surface area contributed by atoms with Gasteiger partial charge in [-0.15, -0.1) is 0 Å². The third-order valence-corrected chi connectivity index (χ3v) is 7.04. The number of nitriles is 1. The Kier molecular flexibility index (Phi) is 11.0. The summed E-state index contributed by atoms with van der Waals surface area (Å²) in [5.41, 5.74) is 7.99. The number of benzene rings is 2. The summed E-state index contributed by atoms with van der Waals surface area (Å²) in [6, 6.07) is 9.44. The monoisotopic (exact) mass is 635 g/mol. The zero-order chi connectivity index (χ0) is 33.2. The molecule has 4 aromatic rings. The minimum absolute atomic E-state index is 0.0396. The predicted octanol–water partition coefficient (Wildman–Crippen LogP) is 2.76. The molecule has 0 saturated carbocycles. The van der Waals surface area contributed by atoms with Gasteiger partial charge in [0.05, 0.1) is 11.9 Å². The molecule has 1 saturated heterocycles. The van der Waals surface area contributed by atoms with Gasteiger partial charge in [0.2, 0.25) is 5.82 Å². The Labute approximate surface area is 262 Å². The summed E-state index contributed by atoms with van der Waals surface area (Å²) in [5, 5.41) is 21.5. The number of hydrogen-bond donors (Lipinski definition) is 4. The molecule has 0 atom stereocenters. The maximum Gasteiger partial charge on any atom is 0.317 e. The van der Waals surface area contributed by atoms with Gasteiger partial charge in [-0.1, -0.05) is 0 Å². The van der Waals surface area contributed by atoms with E-state index in [1.807, 2.05) is 13.0 Å². The van der Waals surface area contributed by atoms with Gasteiger partial charge in [0.15, 0.2) is 29.6 Å². The Morgan fingerprint density at radius 1 is 1.13 bits per heavy atom. The van der Waals surface area contributed by atoms with Crippen molar-refractivity contribution < 1.29 is 33.0 Å². The average Bonchev–Trinajstić information content (AvgIpc) is 3.49. The minimum atomic E-state index is -1.20. The molecule has 3 amide bonds. The molecule has 1 aliphatic heterocycles. The van der Waals surface area contributed by atoms with Gasteiger partial charge in [-0.3, -0.25) is 14.0 Å². The number of fused-ring (bicyclic) bond motifs is 1. The molecule has 1 aliphatic rings.